The number of rotatable bonds is 4. The van der Waals surface area contributed by atoms with E-state index >= 15 is 0 Å². The van der Waals surface area contributed by atoms with Gasteiger partial charge >= 0.3 is 11.9 Å². The summed E-state index contributed by atoms with van der Waals surface area (Å²) < 4.78 is 10.1. The van der Waals surface area contributed by atoms with Crippen LogP contribution >= 0.6 is 11.6 Å². The molecule has 1 unspecified atom stereocenters. The van der Waals surface area contributed by atoms with E-state index in [2.05, 4.69) is 11.1 Å². The lowest BCUT2D eigenvalue weighted by Gasteiger charge is -2.36. The largest absolute Gasteiger partial charge is 0.466 e. The van der Waals surface area contributed by atoms with Crippen LogP contribution in [0.15, 0.2) is 83.5 Å². The monoisotopic (exact) mass is 474 g/mol. The van der Waals surface area contributed by atoms with Crippen molar-refractivity contribution in [2.45, 2.75) is 5.92 Å². The minimum absolute atomic E-state index is 0.0382. The molecule has 0 bridgehead atoms. The first-order chi connectivity index (χ1) is 16.4. The van der Waals surface area contributed by atoms with Crippen molar-refractivity contribution < 1.29 is 19.1 Å². The number of allylic oxidation sites excluding steroid dienone is 1. The molecule has 2 heterocycles. The van der Waals surface area contributed by atoms with Crippen LogP contribution in [0.5, 0.6) is 0 Å². The molecule has 0 saturated carbocycles. The molecule has 9 heteroatoms. The van der Waals surface area contributed by atoms with Crippen LogP contribution in [0, 0.1) is 11.3 Å². The molecule has 170 valence electrons. The summed E-state index contributed by atoms with van der Waals surface area (Å²) in [7, 11) is 2.39. The molecule has 1 aromatic heterocycles. The Morgan fingerprint density at radius 1 is 1.09 bits per heavy atom. The van der Waals surface area contributed by atoms with E-state index in [0.717, 1.165) is 0 Å². The van der Waals surface area contributed by atoms with Crippen LogP contribution in [0.4, 0.5) is 5.69 Å². The molecule has 2 N–H and O–H groups in total. The molecule has 1 aliphatic heterocycles. The van der Waals surface area contributed by atoms with Gasteiger partial charge in [0.25, 0.3) is 0 Å². The predicted molar refractivity (Wildman–Crippen MR) is 126 cm³/mol. The van der Waals surface area contributed by atoms with Crippen LogP contribution in [-0.4, -0.2) is 31.1 Å². The molecule has 1 atom stereocenters. The Morgan fingerprint density at radius 2 is 1.79 bits per heavy atom. The number of methoxy groups -OCH3 is 2. The third-order valence-corrected chi connectivity index (χ3v) is 5.80. The van der Waals surface area contributed by atoms with Crippen molar-refractivity contribution in [2.75, 3.05) is 19.1 Å². The highest BCUT2D eigenvalue weighted by Crippen LogP contribution is 2.44. The molecular weight excluding hydrogens is 456 g/mol. The Kier molecular flexibility index (Phi) is 6.21. The summed E-state index contributed by atoms with van der Waals surface area (Å²) in [6.07, 6.45) is 1.61. The van der Waals surface area contributed by atoms with Crippen LogP contribution in [0.2, 0.25) is 5.02 Å². The van der Waals surface area contributed by atoms with Crippen LogP contribution < -0.4 is 10.6 Å². The van der Waals surface area contributed by atoms with Gasteiger partial charge in [-0.2, -0.15) is 5.26 Å². The molecule has 1 aliphatic rings. The summed E-state index contributed by atoms with van der Waals surface area (Å²) in [4.78, 5) is 31.8. The molecule has 0 fully saturated rings. The number of halogens is 1. The number of carbonyl (C=O) groups is 2. The van der Waals surface area contributed by atoms with Gasteiger partial charge in [-0.3, -0.25) is 9.88 Å². The van der Waals surface area contributed by atoms with Gasteiger partial charge in [0, 0.05) is 11.6 Å². The van der Waals surface area contributed by atoms with E-state index in [1.165, 1.54) is 19.1 Å². The maximum absolute atomic E-state index is 13.1. The molecule has 34 heavy (non-hydrogen) atoms. The number of nitriles is 1. The molecule has 0 amide bonds. The molecule has 0 radical (unpaired) electrons. The second-order valence-corrected chi connectivity index (χ2v) is 7.75. The van der Waals surface area contributed by atoms with Crippen LogP contribution in [0.25, 0.3) is 10.9 Å². The topological polar surface area (TPSA) is 119 Å². The summed E-state index contributed by atoms with van der Waals surface area (Å²) in [6, 6.07) is 17.7. The second kappa shape index (κ2) is 9.25. The molecule has 2 aromatic carbocycles. The summed E-state index contributed by atoms with van der Waals surface area (Å²) in [6.45, 7) is 0. The van der Waals surface area contributed by atoms with Crippen LogP contribution in [0.3, 0.4) is 0 Å². The van der Waals surface area contributed by atoms with Crippen molar-refractivity contribution in [1.29, 1.82) is 5.26 Å². The van der Waals surface area contributed by atoms with Gasteiger partial charge in [-0.15, -0.1) is 0 Å². The van der Waals surface area contributed by atoms with E-state index in [1.807, 2.05) is 0 Å². The number of esters is 2. The number of hydrogen-bond acceptors (Lipinski definition) is 8. The molecule has 0 saturated heterocycles. The lowest BCUT2D eigenvalue weighted by molar-refractivity contribution is -0.139. The first kappa shape index (κ1) is 22.8. The first-order valence-corrected chi connectivity index (χ1v) is 10.5. The number of carbonyl (C=O) groups excluding carboxylic acids is 2. The lowest BCUT2D eigenvalue weighted by atomic mass is 9.81. The third-order valence-electron chi connectivity index (χ3n) is 5.51. The van der Waals surface area contributed by atoms with Crippen molar-refractivity contribution in [3.05, 3.63) is 94.0 Å². The smallest absolute Gasteiger partial charge is 0.355 e. The zero-order valence-electron chi connectivity index (χ0n) is 18.3. The van der Waals surface area contributed by atoms with Crippen molar-refractivity contribution in [2.24, 2.45) is 5.73 Å². The molecule has 0 spiro atoms. The Balaban J connectivity index is 2.09. The molecular formula is C25H19ClN4O4. The van der Waals surface area contributed by atoms with Crippen molar-refractivity contribution in [3.8, 4) is 6.07 Å². The second-order valence-electron chi connectivity index (χ2n) is 7.34. The van der Waals surface area contributed by atoms with Crippen LogP contribution in [-0.2, 0) is 19.1 Å². The Bertz CT molecular complexity index is 1410. The van der Waals surface area contributed by atoms with Gasteiger partial charge in [-0.1, -0.05) is 48.0 Å². The van der Waals surface area contributed by atoms with Gasteiger partial charge in [0.2, 0.25) is 0 Å². The number of nitrogens with zero attached hydrogens (tertiary/aromatic N) is 3. The van der Waals surface area contributed by atoms with Gasteiger partial charge < -0.3 is 15.2 Å². The normalized spacial score (nSPS) is 15.8. The number of aromatic nitrogens is 1. The van der Waals surface area contributed by atoms with Crippen molar-refractivity contribution in [3.63, 3.8) is 0 Å². The fourth-order valence-electron chi connectivity index (χ4n) is 4.04. The average molecular weight is 475 g/mol. The number of ether oxygens (including phenoxy) is 2. The Morgan fingerprint density at radius 3 is 2.44 bits per heavy atom. The van der Waals surface area contributed by atoms with E-state index in [4.69, 9.17) is 26.8 Å². The summed E-state index contributed by atoms with van der Waals surface area (Å²) in [5.74, 6) is -2.61. The average Bonchev–Trinajstić information content (AvgIpc) is 2.87. The van der Waals surface area contributed by atoms with Gasteiger partial charge in [-0.25, -0.2) is 9.59 Å². The minimum Gasteiger partial charge on any atom is -0.466 e. The third kappa shape index (κ3) is 3.72. The van der Waals surface area contributed by atoms with E-state index in [-0.39, 0.29) is 22.7 Å². The number of benzene rings is 2. The van der Waals surface area contributed by atoms with Crippen molar-refractivity contribution in [1.82, 2.24) is 4.98 Å². The SMILES string of the molecule is COC(=O)C1=C(C(=O)OC)N(c2cc(Cl)c3ncccc3c2)C(N)=C(C#N)C1c1ccccc1. The Labute approximate surface area is 200 Å². The number of fused-ring (bicyclic) bond motifs is 1. The molecule has 3 aromatic rings. The van der Waals surface area contributed by atoms with E-state index in [0.29, 0.717) is 27.2 Å². The molecule has 4 rings (SSSR count). The van der Waals surface area contributed by atoms with E-state index < -0.39 is 17.9 Å². The van der Waals surface area contributed by atoms with Gasteiger partial charge in [0.1, 0.15) is 11.5 Å². The zero-order valence-corrected chi connectivity index (χ0v) is 19.0. The standard InChI is InChI=1S/C25H19ClN4O4/c1-33-24(31)20-19(14-7-4-3-5-8-14)17(13-27)23(28)30(22(20)25(32)34-2)16-11-15-9-6-10-29-21(15)18(26)12-16/h3-12,19H,28H2,1-2H3. The number of pyridine rings is 1. The van der Waals surface area contributed by atoms with E-state index in [9.17, 15) is 14.9 Å². The molecule has 0 aliphatic carbocycles. The predicted octanol–water partition coefficient (Wildman–Crippen LogP) is 3.79. The quantitative estimate of drug-likeness (QED) is 0.567. The summed E-state index contributed by atoms with van der Waals surface area (Å²) in [5, 5.41) is 11.1. The maximum Gasteiger partial charge on any atom is 0.355 e. The van der Waals surface area contributed by atoms with Gasteiger partial charge in [0.15, 0.2) is 0 Å². The van der Waals surface area contributed by atoms with E-state index in [1.54, 1.807) is 60.8 Å². The number of anilines is 1. The maximum atomic E-state index is 13.1. The fourth-order valence-corrected chi connectivity index (χ4v) is 4.31. The van der Waals surface area contributed by atoms with Crippen molar-refractivity contribution >= 4 is 40.1 Å². The minimum atomic E-state index is -0.943. The fraction of sp³-hybridized carbons (Fsp3) is 0.120. The summed E-state index contributed by atoms with van der Waals surface area (Å²) >= 11 is 6.48. The highest BCUT2D eigenvalue weighted by Gasteiger charge is 2.43. The van der Waals surface area contributed by atoms with Gasteiger partial charge in [0.05, 0.1) is 53.6 Å². The first-order valence-electron chi connectivity index (χ1n) is 10.1. The van der Waals surface area contributed by atoms with Crippen LogP contribution in [0.1, 0.15) is 11.5 Å². The molecule has 8 nitrogen and oxygen atoms in total. The zero-order chi connectivity index (χ0) is 24.4. The number of nitrogens with two attached hydrogens (primary N) is 1. The highest BCUT2D eigenvalue weighted by molar-refractivity contribution is 6.35. The Hall–Kier alpha value is -4.35. The number of hydrogen-bond donors (Lipinski definition) is 1. The highest BCUT2D eigenvalue weighted by atomic mass is 35.5. The summed E-state index contributed by atoms with van der Waals surface area (Å²) in [5.41, 5.74) is 7.82. The van der Waals surface area contributed by atoms with Gasteiger partial charge in [-0.05, 0) is 23.8 Å². The lowest BCUT2D eigenvalue weighted by Crippen LogP contribution is -2.40.